The van der Waals surface area contributed by atoms with Gasteiger partial charge >= 0.3 is 0 Å². The lowest BCUT2D eigenvalue weighted by molar-refractivity contribution is 0.0227. The molecule has 1 aromatic heterocycles. The Morgan fingerprint density at radius 3 is 2.32 bits per heavy atom. The molecule has 1 unspecified atom stereocenters. The molecule has 34 heavy (non-hydrogen) atoms. The summed E-state index contributed by atoms with van der Waals surface area (Å²) < 4.78 is 39.2. The Kier molecular flexibility index (Phi) is 7.90. The minimum absolute atomic E-state index is 0.208. The first-order valence-corrected chi connectivity index (χ1v) is 12.7. The Balaban J connectivity index is 1.37. The van der Waals surface area contributed by atoms with E-state index in [0.29, 0.717) is 28.9 Å². The first kappa shape index (κ1) is 24.3. The highest BCUT2D eigenvalue weighted by Gasteiger charge is 2.18. The molecule has 0 aliphatic rings. The number of sulfone groups is 1. The summed E-state index contributed by atoms with van der Waals surface area (Å²) >= 11 is 12.4. The molecule has 0 aliphatic carbocycles. The maximum Gasteiger partial charge on any atom is 0.206 e. The van der Waals surface area contributed by atoms with Crippen molar-refractivity contribution in [3.63, 3.8) is 0 Å². The summed E-state index contributed by atoms with van der Waals surface area (Å²) in [5.41, 5.74) is 0.815. The molecule has 6 nitrogen and oxygen atoms in total. The third-order valence-electron chi connectivity index (χ3n) is 5.10. The van der Waals surface area contributed by atoms with Crippen molar-refractivity contribution in [3.8, 4) is 5.75 Å². The molecule has 0 radical (unpaired) electrons. The van der Waals surface area contributed by atoms with Gasteiger partial charge in [0.2, 0.25) is 9.84 Å². The van der Waals surface area contributed by atoms with Gasteiger partial charge in [-0.2, -0.15) is 0 Å². The van der Waals surface area contributed by atoms with Gasteiger partial charge in [0.15, 0.2) is 0 Å². The van der Waals surface area contributed by atoms with Crippen molar-refractivity contribution in [2.24, 2.45) is 0 Å². The number of hydrogen-bond donors (Lipinski definition) is 0. The minimum atomic E-state index is -3.56. The van der Waals surface area contributed by atoms with Crippen LogP contribution in [0.3, 0.4) is 0 Å². The normalized spacial score (nSPS) is 12.4. The van der Waals surface area contributed by atoms with Crippen LogP contribution in [0, 0.1) is 0 Å². The van der Waals surface area contributed by atoms with Gasteiger partial charge in [-0.05, 0) is 48.5 Å². The molecule has 1 atom stereocenters. The summed E-state index contributed by atoms with van der Waals surface area (Å²) in [6, 6.07) is 20.0. The number of nitrogens with zero attached hydrogens (tertiary/aromatic N) is 2. The predicted molar refractivity (Wildman–Crippen MR) is 131 cm³/mol. The van der Waals surface area contributed by atoms with Crippen LogP contribution in [0.4, 0.5) is 0 Å². The Hall–Kier alpha value is -2.84. The lowest BCUT2D eigenvalue weighted by Crippen LogP contribution is -2.16. The van der Waals surface area contributed by atoms with Gasteiger partial charge in [0.05, 0.1) is 29.3 Å². The van der Waals surface area contributed by atoms with Crippen LogP contribution in [-0.4, -0.2) is 31.2 Å². The Labute approximate surface area is 208 Å². The molecular formula is C25H22Cl2N2O4S. The summed E-state index contributed by atoms with van der Waals surface area (Å²) in [5, 5.41) is 1.07. The van der Waals surface area contributed by atoms with Crippen LogP contribution in [0.1, 0.15) is 11.7 Å². The maximum absolute atomic E-state index is 12.7. The van der Waals surface area contributed by atoms with E-state index < -0.39 is 9.84 Å². The van der Waals surface area contributed by atoms with Crippen molar-refractivity contribution in [2.75, 3.05) is 13.2 Å². The highest BCUT2D eigenvalue weighted by molar-refractivity contribution is 7.91. The van der Waals surface area contributed by atoms with E-state index in [0.717, 1.165) is 5.56 Å². The van der Waals surface area contributed by atoms with Crippen molar-refractivity contribution in [1.29, 1.82) is 0 Å². The molecule has 0 bridgehead atoms. The number of benzene rings is 3. The Morgan fingerprint density at radius 1 is 0.912 bits per heavy atom. The second-order valence-corrected chi connectivity index (χ2v) is 10.2. The molecule has 4 aromatic rings. The number of hydrogen-bond acceptors (Lipinski definition) is 5. The number of ether oxygens (including phenoxy) is 2. The van der Waals surface area contributed by atoms with Crippen molar-refractivity contribution in [1.82, 2.24) is 9.55 Å². The number of rotatable bonds is 10. The van der Waals surface area contributed by atoms with E-state index in [1.54, 1.807) is 67.1 Å². The third kappa shape index (κ3) is 5.98. The lowest BCUT2D eigenvalue weighted by atomic mass is 10.1. The summed E-state index contributed by atoms with van der Waals surface area (Å²) in [6.07, 6.45) is 4.93. The molecule has 0 saturated heterocycles. The number of aromatic nitrogens is 2. The summed E-state index contributed by atoms with van der Waals surface area (Å²) in [5.74, 6) is 0.547. The van der Waals surface area contributed by atoms with Crippen LogP contribution in [0.2, 0.25) is 10.0 Å². The Morgan fingerprint density at radius 2 is 1.65 bits per heavy atom. The average molecular weight is 517 g/mol. The highest BCUT2D eigenvalue weighted by atomic mass is 35.5. The summed E-state index contributed by atoms with van der Waals surface area (Å²) in [7, 11) is -3.56. The first-order chi connectivity index (χ1) is 16.4. The van der Waals surface area contributed by atoms with Crippen LogP contribution in [-0.2, 0) is 21.1 Å². The van der Waals surface area contributed by atoms with Crippen molar-refractivity contribution in [2.45, 2.75) is 22.4 Å². The maximum atomic E-state index is 12.7. The van der Waals surface area contributed by atoms with Gasteiger partial charge in [0.1, 0.15) is 18.5 Å². The molecule has 3 aromatic carbocycles. The van der Waals surface area contributed by atoms with E-state index in [1.807, 2.05) is 16.8 Å². The standard InChI is InChI=1S/C25H22Cl2N2O4S/c26-19-6-11-23(24(27)16-19)25(17-29-13-12-28-18-29)33-15-14-32-20-7-9-22(10-8-20)34(30,31)21-4-2-1-3-5-21/h1-13,16,18,25H,14-15,17H2. The molecule has 0 aliphatic heterocycles. The molecule has 1 heterocycles. The topological polar surface area (TPSA) is 70.4 Å². The van der Waals surface area contributed by atoms with Gasteiger partial charge in [-0.25, -0.2) is 13.4 Å². The van der Waals surface area contributed by atoms with Crippen LogP contribution in [0.5, 0.6) is 5.75 Å². The van der Waals surface area contributed by atoms with E-state index in [-0.39, 0.29) is 22.5 Å². The van der Waals surface area contributed by atoms with E-state index >= 15 is 0 Å². The molecule has 0 N–H and O–H groups in total. The van der Waals surface area contributed by atoms with Crippen LogP contribution in [0.15, 0.2) is 101 Å². The second-order valence-electron chi connectivity index (χ2n) is 7.42. The zero-order valence-corrected chi connectivity index (χ0v) is 20.4. The number of halogens is 2. The van der Waals surface area contributed by atoms with Crippen LogP contribution < -0.4 is 4.74 Å². The van der Waals surface area contributed by atoms with Gasteiger partial charge in [-0.1, -0.05) is 47.5 Å². The largest absolute Gasteiger partial charge is 0.491 e. The first-order valence-electron chi connectivity index (χ1n) is 10.5. The van der Waals surface area contributed by atoms with Gasteiger partial charge in [0.25, 0.3) is 0 Å². The number of imidazole rings is 1. The predicted octanol–water partition coefficient (Wildman–Crippen LogP) is 5.86. The van der Waals surface area contributed by atoms with Crippen molar-refractivity contribution < 1.29 is 17.9 Å². The molecule has 0 saturated carbocycles. The van der Waals surface area contributed by atoms with Gasteiger partial charge in [-0.3, -0.25) is 0 Å². The lowest BCUT2D eigenvalue weighted by Gasteiger charge is -2.20. The molecule has 176 valence electrons. The zero-order chi connectivity index (χ0) is 24.0. The fourth-order valence-electron chi connectivity index (χ4n) is 3.39. The fourth-order valence-corrected chi connectivity index (χ4v) is 5.20. The molecule has 9 heteroatoms. The monoisotopic (exact) mass is 516 g/mol. The van der Waals surface area contributed by atoms with Crippen LogP contribution >= 0.6 is 23.2 Å². The minimum Gasteiger partial charge on any atom is -0.491 e. The zero-order valence-electron chi connectivity index (χ0n) is 18.1. The van der Waals surface area contributed by atoms with Gasteiger partial charge in [0, 0.05) is 28.0 Å². The molecule has 4 rings (SSSR count). The quantitative estimate of drug-likeness (QED) is 0.247. The van der Waals surface area contributed by atoms with E-state index in [2.05, 4.69) is 4.98 Å². The van der Waals surface area contributed by atoms with E-state index in [1.165, 1.54) is 12.1 Å². The SMILES string of the molecule is O=S(=O)(c1ccccc1)c1ccc(OCCOC(Cn2ccnc2)c2ccc(Cl)cc2Cl)cc1. The Bertz CT molecular complexity index is 1310. The van der Waals surface area contributed by atoms with E-state index in [9.17, 15) is 8.42 Å². The van der Waals surface area contributed by atoms with Crippen molar-refractivity contribution in [3.05, 3.63) is 107 Å². The van der Waals surface area contributed by atoms with E-state index in [4.69, 9.17) is 32.7 Å². The second kappa shape index (κ2) is 11.1. The van der Waals surface area contributed by atoms with Crippen LogP contribution in [0.25, 0.3) is 0 Å². The summed E-state index contributed by atoms with van der Waals surface area (Å²) in [6.45, 7) is 1.09. The fraction of sp³-hybridized carbons (Fsp3) is 0.160. The molecular weight excluding hydrogens is 495 g/mol. The van der Waals surface area contributed by atoms with Crippen molar-refractivity contribution >= 4 is 33.0 Å². The van der Waals surface area contributed by atoms with Gasteiger partial charge < -0.3 is 14.0 Å². The highest BCUT2D eigenvalue weighted by Crippen LogP contribution is 2.30. The molecule has 0 fully saturated rings. The molecule has 0 amide bonds. The molecule has 0 spiro atoms. The smallest absolute Gasteiger partial charge is 0.206 e. The summed E-state index contributed by atoms with van der Waals surface area (Å²) in [4.78, 5) is 4.53. The third-order valence-corrected chi connectivity index (χ3v) is 7.45. The van der Waals surface area contributed by atoms with Gasteiger partial charge in [-0.15, -0.1) is 0 Å². The average Bonchev–Trinajstić information content (AvgIpc) is 3.35.